The van der Waals surface area contributed by atoms with E-state index in [-0.39, 0.29) is 24.0 Å². The van der Waals surface area contributed by atoms with E-state index in [9.17, 15) is 0 Å². The van der Waals surface area contributed by atoms with Crippen LogP contribution in [-0.4, -0.2) is 36.2 Å². The molecule has 0 aliphatic rings. The Morgan fingerprint density at radius 1 is 1.18 bits per heavy atom. The molecule has 0 spiro atoms. The first-order chi connectivity index (χ1) is 13.2. The summed E-state index contributed by atoms with van der Waals surface area (Å²) in [6.45, 7) is 4.46. The van der Waals surface area contributed by atoms with Gasteiger partial charge >= 0.3 is 0 Å². The zero-order valence-electron chi connectivity index (χ0n) is 16.6. The molecular formula is C21H28IN5O. The number of aliphatic imine (C=N–C) groups is 1. The van der Waals surface area contributed by atoms with Gasteiger partial charge in [-0.3, -0.25) is 4.99 Å². The van der Waals surface area contributed by atoms with Gasteiger partial charge in [0.25, 0.3) is 0 Å². The zero-order chi connectivity index (χ0) is 19.1. The number of methoxy groups -OCH3 is 1. The standard InChI is InChI=1S/C21H27N5O.HI/c1-16-9-10-17(20(13-16)27-3)14-24-21(22-2)23-11-6-12-26-15-25-18-7-4-5-8-19(18)26;/h4-5,7-10,13,15H,6,11-12,14H2,1-3H3,(H2,22,23,24);1H. The number of ether oxygens (including phenoxy) is 1. The second kappa shape index (κ2) is 10.9. The molecular weight excluding hydrogens is 465 g/mol. The van der Waals surface area contributed by atoms with E-state index in [4.69, 9.17) is 4.74 Å². The van der Waals surface area contributed by atoms with Crippen molar-refractivity contribution in [2.75, 3.05) is 20.7 Å². The third-order valence-electron chi connectivity index (χ3n) is 4.51. The summed E-state index contributed by atoms with van der Waals surface area (Å²) >= 11 is 0. The van der Waals surface area contributed by atoms with Gasteiger partial charge in [-0.2, -0.15) is 0 Å². The highest BCUT2D eigenvalue weighted by molar-refractivity contribution is 14.0. The molecule has 3 aromatic rings. The van der Waals surface area contributed by atoms with Crippen LogP contribution in [0, 0.1) is 6.92 Å². The van der Waals surface area contributed by atoms with E-state index < -0.39 is 0 Å². The molecule has 0 unspecified atom stereocenters. The average molecular weight is 493 g/mol. The molecule has 2 aromatic carbocycles. The van der Waals surface area contributed by atoms with Gasteiger partial charge in [0.1, 0.15) is 5.75 Å². The number of benzene rings is 2. The van der Waals surface area contributed by atoms with E-state index in [1.165, 1.54) is 11.1 Å². The lowest BCUT2D eigenvalue weighted by atomic mass is 10.1. The normalized spacial score (nSPS) is 11.2. The minimum atomic E-state index is 0. The maximum Gasteiger partial charge on any atom is 0.191 e. The Morgan fingerprint density at radius 3 is 2.79 bits per heavy atom. The predicted octanol–water partition coefficient (Wildman–Crippen LogP) is 3.73. The largest absolute Gasteiger partial charge is 0.496 e. The van der Waals surface area contributed by atoms with E-state index in [0.29, 0.717) is 6.54 Å². The number of nitrogens with one attached hydrogen (secondary N) is 2. The van der Waals surface area contributed by atoms with Crippen molar-refractivity contribution < 1.29 is 4.74 Å². The molecule has 0 atom stereocenters. The molecule has 0 radical (unpaired) electrons. The molecule has 0 bridgehead atoms. The van der Waals surface area contributed by atoms with Crippen LogP contribution in [0.3, 0.4) is 0 Å². The molecule has 150 valence electrons. The van der Waals surface area contributed by atoms with Crippen molar-refractivity contribution in [1.82, 2.24) is 20.2 Å². The Labute approximate surface area is 183 Å². The van der Waals surface area contributed by atoms with E-state index in [1.54, 1.807) is 14.2 Å². The van der Waals surface area contributed by atoms with Crippen molar-refractivity contribution >= 4 is 41.0 Å². The minimum absolute atomic E-state index is 0. The number of para-hydroxylation sites is 2. The summed E-state index contributed by atoms with van der Waals surface area (Å²) < 4.78 is 7.64. The number of aromatic nitrogens is 2. The molecule has 0 amide bonds. The van der Waals surface area contributed by atoms with Crippen LogP contribution in [-0.2, 0) is 13.1 Å². The Bertz CT molecular complexity index is 922. The van der Waals surface area contributed by atoms with Crippen LogP contribution in [0.2, 0.25) is 0 Å². The van der Waals surface area contributed by atoms with Gasteiger partial charge in [0, 0.05) is 32.2 Å². The first-order valence-corrected chi connectivity index (χ1v) is 9.19. The second-order valence-electron chi connectivity index (χ2n) is 6.45. The lowest BCUT2D eigenvalue weighted by Crippen LogP contribution is -2.37. The van der Waals surface area contributed by atoms with Crippen molar-refractivity contribution in [3.63, 3.8) is 0 Å². The van der Waals surface area contributed by atoms with Gasteiger partial charge in [-0.1, -0.05) is 24.3 Å². The van der Waals surface area contributed by atoms with Crippen molar-refractivity contribution in [2.24, 2.45) is 4.99 Å². The number of guanidine groups is 1. The summed E-state index contributed by atoms with van der Waals surface area (Å²) in [5, 5.41) is 6.71. The van der Waals surface area contributed by atoms with Crippen LogP contribution >= 0.6 is 24.0 Å². The van der Waals surface area contributed by atoms with Gasteiger partial charge in [0.15, 0.2) is 5.96 Å². The fourth-order valence-electron chi connectivity index (χ4n) is 3.04. The molecule has 28 heavy (non-hydrogen) atoms. The zero-order valence-corrected chi connectivity index (χ0v) is 18.9. The maximum absolute atomic E-state index is 5.46. The SMILES string of the molecule is CN=C(NCCCn1cnc2ccccc21)NCc1ccc(C)cc1OC.I. The Balaban J connectivity index is 0.00000280. The minimum Gasteiger partial charge on any atom is -0.496 e. The van der Waals surface area contributed by atoms with Gasteiger partial charge in [0.05, 0.1) is 24.5 Å². The first-order valence-electron chi connectivity index (χ1n) is 9.19. The summed E-state index contributed by atoms with van der Waals surface area (Å²) in [4.78, 5) is 8.72. The van der Waals surface area contributed by atoms with E-state index in [1.807, 2.05) is 30.6 Å². The van der Waals surface area contributed by atoms with Crippen molar-refractivity contribution in [2.45, 2.75) is 26.4 Å². The lowest BCUT2D eigenvalue weighted by Gasteiger charge is -2.14. The molecule has 0 saturated heterocycles. The molecule has 0 aliphatic carbocycles. The van der Waals surface area contributed by atoms with Gasteiger partial charge in [-0.15, -0.1) is 24.0 Å². The van der Waals surface area contributed by atoms with Crippen LogP contribution in [0.15, 0.2) is 53.8 Å². The van der Waals surface area contributed by atoms with Crippen LogP contribution in [0.5, 0.6) is 5.75 Å². The molecule has 2 N–H and O–H groups in total. The summed E-state index contributed by atoms with van der Waals surface area (Å²) in [5.74, 6) is 1.68. The maximum atomic E-state index is 5.46. The highest BCUT2D eigenvalue weighted by atomic mass is 127. The number of halogens is 1. The number of fused-ring (bicyclic) bond motifs is 1. The van der Waals surface area contributed by atoms with Gasteiger partial charge < -0.3 is 19.9 Å². The van der Waals surface area contributed by atoms with E-state index >= 15 is 0 Å². The van der Waals surface area contributed by atoms with Gasteiger partial charge in [0.2, 0.25) is 0 Å². The summed E-state index contributed by atoms with van der Waals surface area (Å²) in [6.07, 6.45) is 2.89. The smallest absolute Gasteiger partial charge is 0.191 e. The lowest BCUT2D eigenvalue weighted by molar-refractivity contribution is 0.408. The van der Waals surface area contributed by atoms with Crippen molar-refractivity contribution in [3.05, 3.63) is 59.9 Å². The third-order valence-corrected chi connectivity index (χ3v) is 4.51. The fourth-order valence-corrected chi connectivity index (χ4v) is 3.04. The Morgan fingerprint density at radius 2 is 2.00 bits per heavy atom. The number of hydrogen-bond acceptors (Lipinski definition) is 3. The van der Waals surface area contributed by atoms with Crippen LogP contribution in [0.4, 0.5) is 0 Å². The van der Waals surface area contributed by atoms with Crippen LogP contribution < -0.4 is 15.4 Å². The molecule has 1 aromatic heterocycles. The highest BCUT2D eigenvalue weighted by Crippen LogP contribution is 2.19. The van der Waals surface area contributed by atoms with Crippen molar-refractivity contribution in [3.8, 4) is 5.75 Å². The molecule has 3 rings (SSSR count). The molecule has 0 aliphatic heterocycles. The highest BCUT2D eigenvalue weighted by Gasteiger charge is 2.05. The van der Waals surface area contributed by atoms with Crippen molar-refractivity contribution in [1.29, 1.82) is 0 Å². The number of aryl methyl sites for hydroxylation is 2. The quantitative estimate of drug-likeness (QED) is 0.228. The fraction of sp³-hybridized carbons (Fsp3) is 0.333. The van der Waals surface area contributed by atoms with E-state index in [0.717, 1.165) is 42.3 Å². The summed E-state index contributed by atoms with van der Waals surface area (Å²) in [5.41, 5.74) is 4.50. The molecule has 1 heterocycles. The topological polar surface area (TPSA) is 63.5 Å². The molecule has 7 heteroatoms. The van der Waals surface area contributed by atoms with Gasteiger partial charge in [-0.05, 0) is 37.1 Å². The molecule has 0 saturated carbocycles. The third kappa shape index (κ3) is 5.60. The second-order valence-corrected chi connectivity index (χ2v) is 6.45. The summed E-state index contributed by atoms with van der Waals surface area (Å²) in [6, 6.07) is 14.4. The van der Waals surface area contributed by atoms with Crippen LogP contribution in [0.1, 0.15) is 17.5 Å². The number of rotatable bonds is 7. The van der Waals surface area contributed by atoms with Crippen LogP contribution in [0.25, 0.3) is 11.0 Å². The van der Waals surface area contributed by atoms with Gasteiger partial charge in [-0.25, -0.2) is 4.98 Å². The Kier molecular flexibility index (Phi) is 8.56. The Hall–Kier alpha value is -2.29. The average Bonchev–Trinajstić information content (AvgIpc) is 3.11. The molecule has 0 fully saturated rings. The molecule has 6 nitrogen and oxygen atoms in total. The first kappa shape index (κ1) is 22.0. The monoisotopic (exact) mass is 493 g/mol. The predicted molar refractivity (Wildman–Crippen MR) is 126 cm³/mol. The van der Waals surface area contributed by atoms with E-state index in [2.05, 4.69) is 50.3 Å². The number of imidazole rings is 1. The summed E-state index contributed by atoms with van der Waals surface area (Å²) in [7, 11) is 3.48. The number of hydrogen-bond donors (Lipinski definition) is 2. The number of nitrogens with zero attached hydrogens (tertiary/aromatic N) is 3.